The summed E-state index contributed by atoms with van der Waals surface area (Å²) in [5, 5.41) is 0. The molecule has 1 aromatic heterocycles. The summed E-state index contributed by atoms with van der Waals surface area (Å²) in [6, 6.07) is 8.51. The van der Waals surface area contributed by atoms with E-state index < -0.39 is 0 Å². The summed E-state index contributed by atoms with van der Waals surface area (Å²) < 4.78 is 7.36. The summed E-state index contributed by atoms with van der Waals surface area (Å²) in [5.74, 6) is 1.40. The molecule has 22 heavy (non-hydrogen) atoms. The lowest BCUT2D eigenvalue weighted by Crippen LogP contribution is -2.28. The SMILES string of the molecule is COCCN1C[C@@H](c2nc3ccccc3n2C(C)C)CC1=O. The average molecular weight is 301 g/mol. The molecule has 0 spiro atoms. The lowest BCUT2D eigenvalue weighted by atomic mass is 10.1. The number of rotatable bonds is 5. The predicted molar refractivity (Wildman–Crippen MR) is 85.9 cm³/mol. The summed E-state index contributed by atoms with van der Waals surface area (Å²) in [7, 11) is 1.66. The van der Waals surface area contributed by atoms with Gasteiger partial charge >= 0.3 is 0 Å². The van der Waals surface area contributed by atoms with E-state index in [0.29, 0.717) is 25.6 Å². The molecule has 0 radical (unpaired) electrons. The number of imidazole rings is 1. The zero-order chi connectivity index (χ0) is 15.7. The number of likely N-dealkylation sites (tertiary alicyclic amines) is 1. The van der Waals surface area contributed by atoms with Crippen molar-refractivity contribution in [1.29, 1.82) is 0 Å². The number of nitrogens with zero attached hydrogens (tertiary/aromatic N) is 3. The minimum absolute atomic E-state index is 0.166. The van der Waals surface area contributed by atoms with Gasteiger partial charge in [-0.2, -0.15) is 0 Å². The second-order valence-electron chi connectivity index (χ2n) is 6.16. The Labute approximate surface area is 130 Å². The molecule has 0 aliphatic carbocycles. The number of methoxy groups -OCH3 is 1. The van der Waals surface area contributed by atoms with Crippen molar-refractivity contribution in [3.05, 3.63) is 30.1 Å². The number of hydrogen-bond donors (Lipinski definition) is 0. The molecule has 1 atom stereocenters. The van der Waals surface area contributed by atoms with Gasteiger partial charge in [-0.15, -0.1) is 0 Å². The first-order valence-corrected chi connectivity index (χ1v) is 7.85. The van der Waals surface area contributed by atoms with Gasteiger partial charge in [0.05, 0.1) is 17.6 Å². The van der Waals surface area contributed by atoms with Crippen LogP contribution in [0, 0.1) is 0 Å². The molecule has 5 heteroatoms. The van der Waals surface area contributed by atoms with Crippen LogP contribution in [0.5, 0.6) is 0 Å². The van der Waals surface area contributed by atoms with Crippen LogP contribution in [-0.4, -0.2) is 47.2 Å². The summed E-state index contributed by atoms with van der Waals surface area (Å²) in [6.07, 6.45) is 0.541. The maximum Gasteiger partial charge on any atom is 0.223 e. The first-order valence-electron chi connectivity index (χ1n) is 7.85. The molecular weight excluding hydrogens is 278 g/mol. The van der Waals surface area contributed by atoms with Gasteiger partial charge in [0.25, 0.3) is 0 Å². The van der Waals surface area contributed by atoms with E-state index in [2.05, 4.69) is 24.5 Å². The van der Waals surface area contributed by atoms with Gasteiger partial charge in [0.2, 0.25) is 5.91 Å². The quantitative estimate of drug-likeness (QED) is 0.853. The third kappa shape index (κ3) is 2.61. The molecule has 2 aromatic rings. The fourth-order valence-corrected chi connectivity index (χ4v) is 3.26. The largest absolute Gasteiger partial charge is 0.383 e. The van der Waals surface area contributed by atoms with E-state index in [1.165, 1.54) is 0 Å². The molecule has 3 rings (SSSR count). The number of aromatic nitrogens is 2. The lowest BCUT2D eigenvalue weighted by Gasteiger charge is -2.18. The van der Waals surface area contributed by atoms with Gasteiger partial charge in [-0.1, -0.05) is 12.1 Å². The van der Waals surface area contributed by atoms with Crippen LogP contribution < -0.4 is 0 Å². The Hall–Kier alpha value is -1.88. The maximum absolute atomic E-state index is 12.2. The second-order valence-corrected chi connectivity index (χ2v) is 6.16. The van der Waals surface area contributed by atoms with Gasteiger partial charge in [0.1, 0.15) is 5.82 Å². The van der Waals surface area contributed by atoms with E-state index in [4.69, 9.17) is 9.72 Å². The maximum atomic E-state index is 12.2. The van der Waals surface area contributed by atoms with Crippen molar-refractivity contribution in [2.75, 3.05) is 26.8 Å². The molecule has 0 bridgehead atoms. The van der Waals surface area contributed by atoms with Gasteiger partial charge in [0.15, 0.2) is 0 Å². The van der Waals surface area contributed by atoms with E-state index in [-0.39, 0.29) is 11.8 Å². The number of fused-ring (bicyclic) bond motifs is 1. The molecule has 0 N–H and O–H groups in total. The van der Waals surface area contributed by atoms with Gasteiger partial charge in [-0.3, -0.25) is 4.79 Å². The third-order valence-electron chi connectivity index (χ3n) is 4.28. The Bertz CT molecular complexity index is 678. The highest BCUT2D eigenvalue weighted by Gasteiger charge is 2.34. The molecule has 1 aliphatic heterocycles. The van der Waals surface area contributed by atoms with Gasteiger partial charge < -0.3 is 14.2 Å². The summed E-state index contributed by atoms with van der Waals surface area (Å²) in [5.41, 5.74) is 2.16. The minimum Gasteiger partial charge on any atom is -0.383 e. The van der Waals surface area contributed by atoms with Crippen LogP contribution in [0.15, 0.2) is 24.3 Å². The number of carbonyl (C=O) groups is 1. The fourth-order valence-electron chi connectivity index (χ4n) is 3.26. The van der Waals surface area contributed by atoms with Crippen LogP contribution in [0.2, 0.25) is 0 Å². The summed E-state index contributed by atoms with van der Waals surface area (Å²) >= 11 is 0. The molecule has 1 saturated heterocycles. The van der Waals surface area contributed by atoms with Crippen LogP contribution in [0.3, 0.4) is 0 Å². The van der Waals surface area contributed by atoms with E-state index in [0.717, 1.165) is 23.4 Å². The van der Waals surface area contributed by atoms with E-state index in [1.807, 2.05) is 23.1 Å². The van der Waals surface area contributed by atoms with E-state index in [1.54, 1.807) is 7.11 Å². The molecular formula is C17H23N3O2. The summed E-state index contributed by atoms with van der Waals surface area (Å²) in [4.78, 5) is 18.9. The van der Waals surface area contributed by atoms with Crippen molar-refractivity contribution in [3.63, 3.8) is 0 Å². The molecule has 1 fully saturated rings. The second kappa shape index (κ2) is 6.08. The van der Waals surface area contributed by atoms with Crippen LogP contribution in [-0.2, 0) is 9.53 Å². The number of benzene rings is 1. The molecule has 2 heterocycles. The van der Waals surface area contributed by atoms with Crippen molar-refractivity contribution in [2.24, 2.45) is 0 Å². The Morgan fingerprint density at radius 3 is 2.86 bits per heavy atom. The highest BCUT2D eigenvalue weighted by Crippen LogP contribution is 2.32. The normalized spacial score (nSPS) is 18.8. The van der Waals surface area contributed by atoms with Gasteiger partial charge in [-0.05, 0) is 26.0 Å². The van der Waals surface area contributed by atoms with E-state index in [9.17, 15) is 4.79 Å². The number of carbonyl (C=O) groups excluding carboxylic acids is 1. The van der Waals surface area contributed by atoms with Crippen molar-refractivity contribution < 1.29 is 9.53 Å². The van der Waals surface area contributed by atoms with Crippen LogP contribution in [0.4, 0.5) is 0 Å². The predicted octanol–water partition coefficient (Wildman–Crippen LogP) is 2.58. The average Bonchev–Trinajstić information content (AvgIpc) is 3.05. The Morgan fingerprint density at radius 2 is 2.14 bits per heavy atom. The van der Waals surface area contributed by atoms with Crippen LogP contribution >= 0.6 is 0 Å². The minimum atomic E-state index is 0.166. The zero-order valence-electron chi connectivity index (χ0n) is 13.5. The fraction of sp³-hybridized carbons (Fsp3) is 0.529. The zero-order valence-corrected chi connectivity index (χ0v) is 13.5. The summed E-state index contributed by atoms with van der Waals surface area (Å²) in [6.45, 7) is 6.30. The van der Waals surface area contributed by atoms with Crippen molar-refractivity contribution >= 4 is 16.9 Å². The highest BCUT2D eigenvalue weighted by atomic mass is 16.5. The number of hydrogen-bond acceptors (Lipinski definition) is 3. The Balaban J connectivity index is 1.93. The van der Waals surface area contributed by atoms with Gasteiger partial charge in [0, 0.05) is 38.6 Å². The number of amides is 1. The van der Waals surface area contributed by atoms with Crippen LogP contribution in [0.25, 0.3) is 11.0 Å². The topological polar surface area (TPSA) is 47.4 Å². The highest BCUT2D eigenvalue weighted by molar-refractivity contribution is 5.81. The Kier molecular flexibility index (Phi) is 4.16. The van der Waals surface area contributed by atoms with Gasteiger partial charge in [-0.25, -0.2) is 4.98 Å². The molecule has 118 valence electrons. The number of para-hydroxylation sites is 2. The molecule has 1 amide bonds. The molecule has 0 unspecified atom stereocenters. The molecule has 5 nitrogen and oxygen atoms in total. The van der Waals surface area contributed by atoms with Crippen molar-refractivity contribution in [2.45, 2.75) is 32.2 Å². The smallest absolute Gasteiger partial charge is 0.223 e. The molecule has 1 aromatic carbocycles. The van der Waals surface area contributed by atoms with Crippen molar-refractivity contribution in [1.82, 2.24) is 14.5 Å². The first kappa shape index (κ1) is 15.0. The Morgan fingerprint density at radius 1 is 1.36 bits per heavy atom. The molecule has 1 aliphatic rings. The van der Waals surface area contributed by atoms with Crippen molar-refractivity contribution in [3.8, 4) is 0 Å². The standard InChI is InChI=1S/C17H23N3O2/c1-12(2)20-15-7-5-4-6-14(15)18-17(20)13-10-16(21)19(11-13)8-9-22-3/h4-7,12-13H,8-11H2,1-3H3/t13-/m0/s1. The first-order chi connectivity index (χ1) is 10.6. The monoisotopic (exact) mass is 301 g/mol. The van der Waals surface area contributed by atoms with Crippen LogP contribution in [0.1, 0.15) is 38.1 Å². The molecule has 0 saturated carbocycles. The third-order valence-corrected chi connectivity index (χ3v) is 4.28. The lowest BCUT2D eigenvalue weighted by molar-refractivity contribution is -0.128. The van der Waals surface area contributed by atoms with E-state index >= 15 is 0 Å². The number of ether oxygens (including phenoxy) is 1.